The van der Waals surface area contributed by atoms with Gasteiger partial charge in [0.25, 0.3) is 0 Å². The number of carbonyl (C=O) groups is 1. The second-order valence-corrected chi connectivity index (χ2v) is 3.84. The Morgan fingerprint density at radius 3 is 2.53 bits per heavy atom. The molecule has 1 amide bonds. The third kappa shape index (κ3) is 4.63. The summed E-state index contributed by atoms with van der Waals surface area (Å²) in [4.78, 5) is 11.2. The van der Waals surface area contributed by atoms with Crippen LogP contribution in [0.15, 0.2) is 24.3 Å². The molecule has 0 aromatic heterocycles. The van der Waals surface area contributed by atoms with Crippen molar-refractivity contribution in [1.82, 2.24) is 5.32 Å². The fourth-order valence-corrected chi connectivity index (χ4v) is 1.42. The Balaban J connectivity index is 2.26. The zero-order valence-electron chi connectivity index (χ0n) is 9.55. The lowest BCUT2D eigenvalue weighted by Gasteiger charge is -2.04. The van der Waals surface area contributed by atoms with Gasteiger partial charge in [0.05, 0.1) is 0 Å². The Kier molecular flexibility index (Phi) is 4.88. The van der Waals surface area contributed by atoms with Gasteiger partial charge in [-0.3, -0.25) is 4.79 Å². The van der Waals surface area contributed by atoms with E-state index in [1.807, 2.05) is 6.92 Å². The van der Waals surface area contributed by atoms with Crippen molar-refractivity contribution in [2.75, 3.05) is 6.54 Å². The minimum Gasteiger partial charge on any atom is -0.356 e. The van der Waals surface area contributed by atoms with Crippen LogP contribution < -0.4 is 5.32 Å². The van der Waals surface area contributed by atoms with E-state index in [9.17, 15) is 4.79 Å². The van der Waals surface area contributed by atoms with Gasteiger partial charge in [-0.15, -0.1) is 0 Å². The van der Waals surface area contributed by atoms with Crippen LogP contribution in [0.1, 0.15) is 30.9 Å². The number of hydrogen-bond donors (Lipinski definition) is 1. The molecule has 0 aliphatic rings. The zero-order valence-corrected chi connectivity index (χ0v) is 9.55. The first-order valence-corrected chi connectivity index (χ1v) is 5.54. The largest absolute Gasteiger partial charge is 0.356 e. The van der Waals surface area contributed by atoms with Gasteiger partial charge in [0, 0.05) is 13.0 Å². The van der Waals surface area contributed by atoms with E-state index in [4.69, 9.17) is 0 Å². The normalized spacial score (nSPS) is 10.0. The zero-order chi connectivity index (χ0) is 11.1. The average molecular weight is 205 g/mol. The molecule has 1 N–H and O–H groups in total. The quantitative estimate of drug-likeness (QED) is 0.786. The SMILES string of the molecule is CCCC(=O)NCCc1ccc(C)cc1. The van der Waals surface area contributed by atoms with Crippen LogP contribution in [0.2, 0.25) is 0 Å². The molecule has 0 bridgehead atoms. The number of nitrogens with one attached hydrogen (secondary N) is 1. The summed E-state index contributed by atoms with van der Waals surface area (Å²) in [5.41, 5.74) is 2.55. The summed E-state index contributed by atoms with van der Waals surface area (Å²) in [5, 5.41) is 2.91. The summed E-state index contributed by atoms with van der Waals surface area (Å²) in [6.07, 6.45) is 2.46. The summed E-state index contributed by atoms with van der Waals surface area (Å²) < 4.78 is 0. The van der Waals surface area contributed by atoms with Crippen molar-refractivity contribution >= 4 is 5.91 Å². The van der Waals surface area contributed by atoms with E-state index in [2.05, 4.69) is 36.5 Å². The highest BCUT2D eigenvalue weighted by Gasteiger charge is 1.98. The lowest BCUT2D eigenvalue weighted by atomic mass is 10.1. The molecule has 1 aromatic rings. The summed E-state index contributed by atoms with van der Waals surface area (Å²) in [7, 11) is 0. The van der Waals surface area contributed by atoms with Gasteiger partial charge in [-0.1, -0.05) is 36.8 Å². The lowest BCUT2D eigenvalue weighted by Crippen LogP contribution is -2.25. The van der Waals surface area contributed by atoms with Crippen molar-refractivity contribution in [1.29, 1.82) is 0 Å². The fourth-order valence-electron chi connectivity index (χ4n) is 1.42. The number of benzene rings is 1. The van der Waals surface area contributed by atoms with Crippen molar-refractivity contribution < 1.29 is 4.79 Å². The maximum absolute atomic E-state index is 11.2. The maximum Gasteiger partial charge on any atom is 0.219 e. The minimum absolute atomic E-state index is 0.157. The molecule has 0 fully saturated rings. The van der Waals surface area contributed by atoms with E-state index in [1.54, 1.807) is 0 Å². The van der Waals surface area contributed by atoms with Crippen molar-refractivity contribution in [3.63, 3.8) is 0 Å². The first kappa shape index (κ1) is 11.8. The molecule has 0 unspecified atom stereocenters. The first-order valence-electron chi connectivity index (χ1n) is 5.54. The van der Waals surface area contributed by atoms with E-state index in [0.29, 0.717) is 6.42 Å². The van der Waals surface area contributed by atoms with E-state index < -0.39 is 0 Å². The van der Waals surface area contributed by atoms with E-state index in [1.165, 1.54) is 11.1 Å². The van der Waals surface area contributed by atoms with Crippen molar-refractivity contribution in [2.45, 2.75) is 33.1 Å². The molecular weight excluding hydrogens is 186 g/mol. The highest BCUT2D eigenvalue weighted by Crippen LogP contribution is 2.03. The third-order valence-electron chi connectivity index (χ3n) is 2.33. The molecule has 0 spiro atoms. The monoisotopic (exact) mass is 205 g/mol. The van der Waals surface area contributed by atoms with Gasteiger partial charge in [0.15, 0.2) is 0 Å². The van der Waals surface area contributed by atoms with Gasteiger partial charge in [0.1, 0.15) is 0 Å². The van der Waals surface area contributed by atoms with Crippen molar-refractivity contribution in [3.8, 4) is 0 Å². The number of carbonyl (C=O) groups excluding carboxylic acids is 1. The Morgan fingerprint density at radius 2 is 1.93 bits per heavy atom. The summed E-state index contributed by atoms with van der Waals surface area (Å²) >= 11 is 0. The molecule has 82 valence electrons. The smallest absolute Gasteiger partial charge is 0.219 e. The molecule has 0 aliphatic carbocycles. The number of hydrogen-bond acceptors (Lipinski definition) is 1. The Hall–Kier alpha value is -1.31. The molecule has 15 heavy (non-hydrogen) atoms. The van der Waals surface area contributed by atoms with E-state index >= 15 is 0 Å². The third-order valence-corrected chi connectivity index (χ3v) is 2.33. The Morgan fingerprint density at radius 1 is 1.27 bits per heavy atom. The molecule has 0 atom stereocenters. The van der Waals surface area contributed by atoms with Crippen molar-refractivity contribution in [3.05, 3.63) is 35.4 Å². The minimum atomic E-state index is 0.157. The second-order valence-electron chi connectivity index (χ2n) is 3.84. The van der Waals surface area contributed by atoms with Crippen LogP contribution in [-0.2, 0) is 11.2 Å². The van der Waals surface area contributed by atoms with Crippen LogP contribution in [0.3, 0.4) is 0 Å². The van der Waals surface area contributed by atoms with Crippen LogP contribution in [0, 0.1) is 6.92 Å². The predicted octanol–water partition coefficient (Wildman–Crippen LogP) is 2.45. The molecular formula is C13H19NO. The molecule has 0 saturated carbocycles. The van der Waals surface area contributed by atoms with Gasteiger partial charge < -0.3 is 5.32 Å². The van der Waals surface area contributed by atoms with Crippen LogP contribution >= 0.6 is 0 Å². The van der Waals surface area contributed by atoms with Gasteiger partial charge >= 0.3 is 0 Å². The summed E-state index contributed by atoms with van der Waals surface area (Å²) in [6.45, 7) is 4.83. The van der Waals surface area contributed by atoms with E-state index in [0.717, 1.165) is 19.4 Å². The maximum atomic E-state index is 11.2. The van der Waals surface area contributed by atoms with Crippen LogP contribution in [0.25, 0.3) is 0 Å². The standard InChI is InChI=1S/C13H19NO/c1-3-4-13(15)14-10-9-12-7-5-11(2)6-8-12/h5-8H,3-4,9-10H2,1-2H3,(H,14,15). The topological polar surface area (TPSA) is 29.1 Å². The fraction of sp³-hybridized carbons (Fsp3) is 0.462. The molecule has 1 rings (SSSR count). The second kappa shape index (κ2) is 6.23. The van der Waals surface area contributed by atoms with Gasteiger partial charge in [-0.2, -0.15) is 0 Å². The van der Waals surface area contributed by atoms with Gasteiger partial charge in [0.2, 0.25) is 5.91 Å². The number of amides is 1. The molecule has 1 aromatic carbocycles. The predicted molar refractivity (Wildman–Crippen MR) is 62.8 cm³/mol. The Bertz CT molecular complexity index is 303. The van der Waals surface area contributed by atoms with Gasteiger partial charge in [-0.25, -0.2) is 0 Å². The highest BCUT2D eigenvalue weighted by molar-refractivity contribution is 5.75. The Labute approximate surface area is 91.7 Å². The van der Waals surface area contributed by atoms with Crippen molar-refractivity contribution in [2.24, 2.45) is 0 Å². The first-order chi connectivity index (χ1) is 7.22. The summed E-state index contributed by atoms with van der Waals surface area (Å²) in [6, 6.07) is 8.43. The average Bonchev–Trinajstić information content (AvgIpc) is 2.21. The number of aryl methyl sites for hydroxylation is 1. The number of rotatable bonds is 5. The summed E-state index contributed by atoms with van der Waals surface area (Å²) in [5.74, 6) is 0.157. The molecule has 0 heterocycles. The molecule has 0 radical (unpaired) electrons. The van der Waals surface area contributed by atoms with E-state index in [-0.39, 0.29) is 5.91 Å². The van der Waals surface area contributed by atoms with Crippen LogP contribution in [0.4, 0.5) is 0 Å². The molecule has 2 heteroatoms. The molecule has 0 saturated heterocycles. The van der Waals surface area contributed by atoms with Gasteiger partial charge in [-0.05, 0) is 25.3 Å². The lowest BCUT2D eigenvalue weighted by molar-refractivity contribution is -0.121. The molecule has 0 aliphatic heterocycles. The highest BCUT2D eigenvalue weighted by atomic mass is 16.1. The van der Waals surface area contributed by atoms with Crippen LogP contribution in [0.5, 0.6) is 0 Å². The molecule has 2 nitrogen and oxygen atoms in total. The van der Waals surface area contributed by atoms with Crippen LogP contribution in [-0.4, -0.2) is 12.5 Å².